The zero-order valence-corrected chi connectivity index (χ0v) is 5.86. The molecule has 0 unspecified atom stereocenters. The maximum atomic E-state index is 6.40. The van der Waals surface area contributed by atoms with Gasteiger partial charge in [-0.25, -0.2) is 5.53 Å². The minimum atomic E-state index is 0.882. The molecule has 1 rings (SSSR count). The Morgan fingerprint density at radius 3 is 2.64 bits per heavy atom. The zero-order chi connectivity index (χ0) is 7.94. The third-order valence-electron chi connectivity index (χ3n) is 1.08. The summed E-state index contributed by atoms with van der Waals surface area (Å²) in [4.78, 5) is 0. The molecule has 0 atom stereocenters. The number of nitrogens with one attached hydrogen (secondary N) is 2. The van der Waals surface area contributed by atoms with Gasteiger partial charge >= 0.3 is 0 Å². The molecule has 4 nitrogen and oxygen atoms in total. The molecule has 1 aromatic carbocycles. The fourth-order valence-electron chi connectivity index (χ4n) is 0.645. The molecule has 0 heterocycles. The van der Waals surface area contributed by atoms with Gasteiger partial charge in [0.2, 0.25) is 0 Å². The van der Waals surface area contributed by atoms with Crippen molar-refractivity contribution in [1.82, 2.24) is 0 Å². The number of hydrogen-bond acceptors (Lipinski definition) is 3. The van der Waals surface area contributed by atoms with E-state index in [0.29, 0.717) is 0 Å². The summed E-state index contributed by atoms with van der Waals surface area (Å²) < 4.78 is 0. The van der Waals surface area contributed by atoms with E-state index in [2.05, 4.69) is 15.6 Å². The predicted octanol–water partition coefficient (Wildman–Crippen LogP) is 2.07. The van der Waals surface area contributed by atoms with Crippen LogP contribution in [0.2, 0.25) is 0 Å². The normalized spacial score (nSPS) is 9.82. The fraction of sp³-hybridized carbons (Fsp3) is 0. The van der Waals surface area contributed by atoms with E-state index >= 15 is 0 Å². The molecule has 11 heavy (non-hydrogen) atoms. The molecule has 56 valence electrons. The van der Waals surface area contributed by atoms with Gasteiger partial charge in [-0.05, 0) is 12.1 Å². The van der Waals surface area contributed by atoms with Crippen LogP contribution in [0.3, 0.4) is 0 Å². The Hall–Kier alpha value is -1.71. The highest BCUT2D eigenvalue weighted by Gasteiger charge is 1.82. The van der Waals surface area contributed by atoms with Crippen LogP contribution in [0.4, 0.5) is 5.69 Å². The van der Waals surface area contributed by atoms with Crippen molar-refractivity contribution in [3.8, 4) is 0 Å². The second-order valence-electron chi connectivity index (χ2n) is 1.85. The molecule has 0 aliphatic heterocycles. The number of rotatable bonds is 3. The summed E-state index contributed by atoms with van der Waals surface area (Å²) in [5.74, 6) is 0. The van der Waals surface area contributed by atoms with Gasteiger partial charge in [-0.3, -0.25) is 5.43 Å². The predicted molar refractivity (Wildman–Crippen MR) is 43.7 cm³/mol. The first-order valence-electron chi connectivity index (χ1n) is 3.12. The molecule has 0 spiro atoms. The van der Waals surface area contributed by atoms with Crippen molar-refractivity contribution in [2.75, 3.05) is 5.43 Å². The van der Waals surface area contributed by atoms with Gasteiger partial charge in [-0.1, -0.05) is 18.2 Å². The first-order chi connectivity index (χ1) is 5.43. The zero-order valence-electron chi connectivity index (χ0n) is 5.86. The van der Waals surface area contributed by atoms with Gasteiger partial charge in [0.25, 0.3) is 0 Å². The highest BCUT2D eigenvalue weighted by molar-refractivity contribution is 5.56. The van der Waals surface area contributed by atoms with E-state index < -0.39 is 0 Å². The lowest BCUT2D eigenvalue weighted by atomic mass is 10.3. The van der Waals surface area contributed by atoms with Crippen LogP contribution in [0.1, 0.15) is 0 Å². The first-order valence-corrected chi connectivity index (χ1v) is 3.12. The Balaban J connectivity index is 2.51. The first kappa shape index (κ1) is 7.40. The lowest BCUT2D eigenvalue weighted by Gasteiger charge is -1.95. The Morgan fingerprint density at radius 2 is 2.00 bits per heavy atom. The van der Waals surface area contributed by atoms with Crippen LogP contribution in [0.25, 0.3) is 0 Å². The van der Waals surface area contributed by atoms with Crippen LogP contribution in [0, 0.1) is 5.53 Å². The summed E-state index contributed by atoms with van der Waals surface area (Å²) in [5, 5.41) is 6.58. The Morgan fingerprint density at radius 1 is 1.27 bits per heavy atom. The smallest absolute Gasteiger partial charge is 0.157 e. The summed E-state index contributed by atoms with van der Waals surface area (Å²) in [7, 11) is 0. The summed E-state index contributed by atoms with van der Waals surface area (Å²) in [6, 6.07) is 9.47. The van der Waals surface area contributed by atoms with Gasteiger partial charge in [0, 0.05) is 0 Å². The maximum absolute atomic E-state index is 6.40. The molecule has 0 aromatic heterocycles. The van der Waals surface area contributed by atoms with E-state index in [1.165, 1.54) is 0 Å². The monoisotopic (exact) mass is 148 g/mol. The molecule has 0 aliphatic rings. The van der Waals surface area contributed by atoms with Crippen molar-refractivity contribution in [3.05, 3.63) is 30.3 Å². The minimum absolute atomic E-state index is 0.882. The van der Waals surface area contributed by atoms with Crippen LogP contribution < -0.4 is 5.43 Å². The Labute approximate surface area is 64.4 Å². The molecule has 0 aliphatic carbocycles. The average molecular weight is 148 g/mol. The highest BCUT2D eigenvalue weighted by atomic mass is 15.3. The Kier molecular flexibility index (Phi) is 2.80. The molecular formula is C7H8N4. The standard InChI is InChI=1S/C7H8N4/c8-9-6-10-11-7-4-2-1-3-5-7/h1-6,8,11H/b9-8?,10-6+. The lowest BCUT2D eigenvalue weighted by molar-refractivity contribution is 1.19. The summed E-state index contributed by atoms with van der Waals surface area (Å²) >= 11 is 0. The second-order valence-corrected chi connectivity index (χ2v) is 1.85. The molecule has 0 fully saturated rings. The molecular weight excluding hydrogens is 140 g/mol. The van der Waals surface area contributed by atoms with E-state index in [9.17, 15) is 0 Å². The number of hydrogen-bond donors (Lipinski definition) is 2. The van der Waals surface area contributed by atoms with Gasteiger partial charge in [0.15, 0.2) is 6.34 Å². The van der Waals surface area contributed by atoms with E-state index in [-0.39, 0.29) is 0 Å². The SMILES string of the molecule is N=N/C=N/Nc1ccccc1. The number of benzene rings is 1. The van der Waals surface area contributed by atoms with Gasteiger partial charge in [0.1, 0.15) is 0 Å². The molecule has 0 amide bonds. The van der Waals surface area contributed by atoms with Crippen LogP contribution in [0.5, 0.6) is 0 Å². The molecule has 1 aromatic rings. The van der Waals surface area contributed by atoms with Crippen LogP contribution in [-0.4, -0.2) is 6.34 Å². The van der Waals surface area contributed by atoms with Crippen molar-refractivity contribution in [1.29, 1.82) is 5.53 Å². The molecule has 0 bridgehead atoms. The van der Waals surface area contributed by atoms with Gasteiger partial charge in [-0.15, -0.1) is 5.11 Å². The fourth-order valence-corrected chi connectivity index (χ4v) is 0.645. The number of nitrogens with zero attached hydrogens (tertiary/aromatic N) is 2. The van der Waals surface area contributed by atoms with Crippen LogP contribution >= 0.6 is 0 Å². The molecule has 0 saturated carbocycles. The molecule has 0 radical (unpaired) electrons. The second kappa shape index (κ2) is 4.16. The topological polar surface area (TPSA) is 60.6 Å². The molecule has 4 heteroatoms. The van der Waals surface area contributed by atoms with Crippen molar-refractivity contribution in [2.24, 2.45) is 10.2 Å². The van der Waals surface area contributed by atoms with Crippen LogP contribution in [0.15, 0.2) is 40.5 Å². The quantitative estimate of drug-likeness (QED) is 0.293. The van der Waals surface area contributed by atoms with E-state index in [1.807, 2.05) is 30.3 Å². The number of hydrazone groups is 1. The van der Waals surface area contributed by atoms with Gasteiger partial charge in [-0.2, -0.15) is 5.10 Å². The minimum Gasteiger partial charge on any atom is -0.277 e. The number of para-hydroxylation sites is 1. The maximum Gasteiger partial charge on any atom is 0.157 e. The summed E-state index contributed by atoms with van der Waals surface area (Å²) in [6.45, 7) is 0. The largest absolute Gasteiger partial charge is 0.277 e. The van der Waals surface area contributed by atoms with Gasteiger partial charge in [0.05, 0.1) is 5.69 Å². The van der Waals surface area contributed by atoms with Crippen molar-refractivity contribution in [2.45, 2.75) is 0 Å². The van der Waals surface area contributed by atoms with E-state index in [0.717, 1.165) is 12.0 Å². The van der Waals surface area contributed by atoms with Crippen molar-refractivity contribution in [3.63, 3.8) is 0 Å². The van der Waals surface area contributed by atoms with E-state index in [1.54, 1.807) is 0 Å². The van der Waals surface area contributed by atoms with Gasteiger partial charge < -0.3 is 0 Å². The van der Waals surface area contributed by atoms with Crippen LogP contribution in [-0.2, 0) is 0 Å². The third kappa shape index (κ3) is 2.57. The molecule has 2 N–H and O–H groups in total. The average Bonchev–Trinajstić information content (AvgIpc) is 2.07. The van der Waals surface area contributed by atoms with E-state index in [4.69, 9.17) is 5.53 Å². The van der Waals surface area contributed by atoms with Crippen molar-refractivity contribution < 1.29 is 0 Å². The summed E-state index contributed by atoms with van der Waals surface area (Å²) in [6.07, 6.45) is 1.13. The Bertz CT molecular complexity index is 242. The van der Waals surface area contributed by atoms with Crippen molar-refractivity contribution >= 4 is 12.0 Å². The highest BCUT2D eigenvalue weighted by Crippen LogP contribution is 2.03. The molecule has 0 saturated heterocycles. The number of anilines is 1. The lowest BCUT2D eigenvalue weighted by Crippen LogP contribution is -1.86. The third-order valence-corrected chi connectivity index (χ3v) is 1.08. The summed E-state index contributed by atoms with van der Waals surface area (Å²) in [5.41, 5.74) is 9.99.